The SMILES string of the molecule is O=C(Nc1c[nH]c2cc(F)c(F)cc12)C(=O)N[C@H]1CCN(c2ccccc2)C1. The zero-order valence-electron chi connectivity index (χ0n) is 14.8. The van der Waals surface area contributed by atoms with Crippen molar-refractivity contribution >= 4 is 34.1 Å². The molecule has 2 amide bonds. The Morgan fingerprint density at radius 1 is 1.07 bits per heavy atom. The van der Waals surface area contributed by atoms with Gasteiger partial charge in [-0.2, -0.15) is 0 Å². The molecule has 144 valence electrons. The second-order valence-corrected chi connectivity index (χ2v) is 6.71. The van der Waals surface area contributed by atoms with Gasteiger partial charge in [0.1, 0.15) is 0 Å². The lowest BCUT2D eigenvalue weighted by Crippen LogP contribution is -2.43. The van der Waals surface area contributed by atoms with Gasteiger partial charge in [-0.05, 0) is 24.6 Å². The molecule has 0 aliphatic carbocycles. The number of rotatable bonds is 3. The number of hydrogen-bond donors (Lipinski definition) is 3. The quantitative estimate of drug-likeness (QED) is 0.608. The van der Waals surface area contributed by atoms with E-state index >= 15 is 0 Å². The molecule has 2 heterocycles. The van der Waals surface area contributed by atoms with E-state index < -0.39 is 23.4 Å². The number of amides is 2. The number of carbonyl (C=O) groups is 2. The Labute approximate surface area is 159 Å². The van der Waals surface area contributed by atoms with Gasteiger partial charge >= 0.3 is 11.8 Å². The molecule has 2 aromatic carbocycles. The molecule has 1 atom stereocenters. The van der Waals surface area contributed by atoms with Crippen molar-refractivity contribution < 1.29 is 18.4 Å². The van der Waals surface area contributed by atoms with Crippen molar-refractivity contribution in [2.45, 2.75) is 12.5 Å². The molecule has 0 saturated carbocycles. The van der Waals surface area contributed by atoms with Crippen LogP contribution in [0.2, 0.25) is 0 Å². The first-order chi connectivity index (χ1) is 13.5. The van der Waals surface area contributed by atoms with Gasteiger partial charge in [0.15, 0.2) is 11.6 Å². The molecule has 1 fully saturated rings. The average molecular weight is 384 g/mol. The molecule has 28 heavy (non-hydrogen) atoms. The van der Waals surface area contributed by atoms with Crippen molar-refractivity contribution in [2.75, 3.05) is 23.3 Å². The Kier molecular flexibility index (Phi) is 4.68. The third-order valence-electron chi connectivity index (χ3n) is 4.82. The maximum Gasteiger partial charge on any atom is 0.313 e. The van der Waals surface area contributed by atoms with Crippen LogP contribution in [0.25, 0.3) is 10.9 Å². The van der Waals surface area contributed by atoms with Crippen LogP contribution in [0.5, 0.6) is 0 Å². The van der Waals surface area contributed by atoms with Crippen molar-refractivity contribution in [3.63, 3.8) is 0 Å². The number of hydrogen-bond acceptors (Lipinski definition) is 3. The standard InChI is InChI=1S/C20H18F2N4O2/c21-15-8-14-17(9-16(15)22)23-10-18(14)25-20(28)19(27)24-12-6-7-26(11-12)13-4-2-1-3-5-13/h1-5,8-10,12,23H,6-7,11H2,(H,24,27)(H,25,28)/t12-/m0/s1. The Balaban J connectivity index is 1.38. The monoisotopic (exact) mass is 384 g/mol. The van der Waals surface area contributed by atoms with Gasteiger partial charge < -0.3 is 20.5 Å². The van der Waals surface area contributed by atoms with E-state index in [0.29, 0.717) is 12.1 Å². The van der Waals surface area contributed by atoms with Crippen LogP contribution in [0.3, 0.4) is 0 Å². The lowest BCUT2D eigenvalue weighted by atomic mass is 10.2. The van der Waals surface area contributed by atoms with Gasteiger partial charge in [-0.3, -0.25) is 9.59 Å². The Morgan fingerprint density at radius 3 is 2.61 bits per heavy atom. The second-order valence-electron chi connectivity index (χ2n) is 6.71. The maximum absolute atomic E-state index is 13.5. The van der Waals surface area contributed by atoms with Crippen LogP contribution in [-0.2, 0) is 9.59 Å². The van der Waals surface area contributed by atoms with Gasteiger partial charge in [0.2, 0.25) is 0 Å². The molecule has 6 nitrogen and oxygen atoms in total. The molecule has 3 N–H and O–H groups in total. The lowest BCUT2D eigenvalue weighted by Gasteiger charge is -2.18. The van der Waals surface area contributed by atoms with E-state index in [1.165, 1.54) is 6.20 Å². The summed E-state index contributed by atoms with van der Waals surface area (Å²) in [5.41, 5.74) is 1.60. The summed E-state index contributed by atoms with van der Waals surface area (Å²) in [5, 5.41) is 5.45. The number of H-pyrrole nitrogens is 1. The van der Waals surface area contributed by atoms with Crippen LogP contribution < -0.4 is 15.5 Å². The molecule has 0 spiro atoms. The van der Waals surface area contributed by atoms with Crippen molar-refractivity contribution in [1.82, 2.24) is 10.3 Å². The molecular formula is C20H18F2N4O2. The molecule has 0 bridgehead atoms. The van der Waals surface area contributed by atoms with Gasteiger partial charge in [-0.1, -0.05) is 18.2 Å². The molecule has 0 unspecified atom stereocenters. The zero-order chi connectivity index (χ0) is 19.7. The first-order valence-corrected chi connectivity index (χ1v) is 8.89. The Bertz CT molecular complexity index is 1040. The summed E-state index contributed by atoms with van der Waals surface area (Å²) in [7, 11) is 0. The number of anilines is 2. The number of para-hydroxylation sites is 1. The highest BCUT2D eigenvalue weighted by atomic mass is 19.2. The third-order valence-corrected chi connectivity index (χ3v) is 4.82. The summed E-state index contributed by atoms with van der Waals surface area (Å²) < 4.78 is 26.7. The summed E-state index contributed by atoms with van der Waals surface area (Å²) in [5.74, 6) is -3.64. The summed E-state index contributed by atoms with van der Waals surface area (Å²) in [6.45, 7) is 1.39. The minimum Gasteiger partial charge on any atom is -0.369 e. The number of aromatic nitrogens is 1. The highest BCUT2D eigenvalue weighted by molar-refractivity contribution is 6.40. The van der Waals surface area contributed by atoms with Crippen molar-refractivity contribution in [3.05, 3.63) is 60.3 Å². The van der Waals surface area contributed by atoms with E-state index in [4.69, 9.17) is 0 Å². The van der Waals surface area contributed by atoms with Crippen molar-refractivity contribution in [3.8, 4) is 0 Å². The molecule has 4 rings (SSSR count). The largest absolute Gasteiger partial charge is 0.369 e. The fraction of sp³-hybridized carbons (Fsp3) is 0.200. The Hall–Kier alpha value is -3.42. The van der Waals surface area contributed by atoms with Gasteiger partial charge in [0.25, 0.3) is 0 Å². The van der Waals surface area contributed by atoms with Crippen LogP contribution >= 0.6 is 0 Å². The summed E-state index contributed by atoms with van der Waals surface area (Å²) >= 11 is 0. The van der Waals surface area contributed by atoms with Crippen LogP contribution in [0.4, 0.5) is 20.2 Å². The second kappa shape index (κ2) is 7.30. The fourth-order valence-corrected chi connectivity index (χ4v) is 3.40. The fourth-order valence-electron chi connectivity index (χ4n) is 3.40. The van der Waals surface area contributed by atoms with Crippen LogP contribution in [0.1, 0.15) is 6.42 Å². The first-order valence-electron chi connectivity index (χ1n) is 8.89. The molecule has 1 aliphatic rings. The van der Waals surface area contributed by atoms with E-state index in [9.17, 15) is 18.4 Å². The predicted octanol–water partition coefficient (Wildman–Crippen LogP) is 2.78. The molecule has 3 aromatic rings. The highest BCUT2D eigenvalue weighted by Crippen LogP contribution is 2.25. The number of nitrogens with one attached hydrogen (secondary N) is 3. The summed E-state index contributed by atoms with van der Waals surface area (Å²) in [6, 6.07) is 11.7. The van der Waals surface area contributed by atoms with E-state index in [2.05, 4.69) is 20.5 Å². The zero-order valence-corrected chi connectivity index (χ0v) is 14.8. The van der Waals surface area contributed by atoms with Crippen molar-refractivity contribution in [2.24, 2.45) is 0 Å². The number of aromatic amines is 1. The minimum atomic E-state index is -1.03. The number of carbonyl (C=O) groups excluding carboxylic acids is 2. The van der Waals surface area contributed by atoms with E-state index in [-0.39, 0.29) is 17.1 Å². The van der Waals surface area contributed by atoms with Crippen LogP contribution in [0, 0.1) is 11.6 Å². The van der Waals surface area contributed by atoms with Crippen molar-refractivity contribution in [1.29, 1.82) is 0 Å². The third kappa shape index (κ3) is 3.53. The highest BCUT2D eigenvalue weighted by Gasteiger charge is 2.26. The summed E-state index contributed by atoms with van der Waals surface area (Å²) in [6.07, 6.45) is 2.12. The lowest BCUT2D eigenvalue weighted by molar-refractivity contribution is -0.136. The first kappa shape index (κ1) is 18.0. The van der Waals surface area contributed by atoms with E-state index in [1.54, 1.807) is 0 Å². The summed E-state index contributed by atoms with van der Waals surface area (Å²) in [4.78, 5) is 29.3. The molecule has 1 aliphatic heterocycles. The number of halogens is 2. The Morgan fingerprint density at radius 2 is 1.82 bits per heavy atom. The predicted molar refractivity (Wildman–Crippen MR) is 102 cm³/mol. The molecule has 8 heteroatoms. The number of nitrogens with zero attached hydrogens (tertiary/aromatic N) is 1. The number of benzene rings is 2. The van der Waals surface area contributed by atoms with Gasteiger partial charge in [0.05, 0.1) is 11.2 Å². The van der Waals surface area contributed by atoms with Gasteiger partial charge in [-0.25, -0.2) is 8.78 Å². The van der Waals surface area contributed by atoms with E-state index in [0.717, 1.165) is 30.8 Å². The van der Waals surface area contributed by atoms with Crippen LogP contribution in [0.15, 0.2) is 48.7 Å². The smallest absolute Gasteiger partial charge is 0.313 e. The molecule has 1 aromatic heterocycles. The maximum atomic E-state index is 13.5. The average Bonchev–Trinajstić information content (AvgIpc) is 3.30. The minimum absolute atomic E-state index is 0.145. The topological polar surface area (TPSA) is 77.2 Å². The van der Waals surface area contributed by atoms with Gasteiger partial charge in [0, 0.05) is 42.5 Å². The molecular weight excluding hydrogens is 366 g/mol. The normalized spacial score (nSPS) is 16.4. The van der Waals surface area contributed by atoms with E-state index in [1.807, 2.05) is 30.3 Å². The van der Waals surface area contributed by atoms with Gasteiger partial charge in [-0.15, -0.1) is 0 Å². The molecule has 1 saturated heterocycles. The van der Waals surface area contributed by atoms with Crippen LogP contribution in [-0.4, -0.2) is 35.9 Å². The number of fused-ring (bicyclic) bond motifs is 1. The molecule has 0 radical (unpaired) electrons.